The van der Waals surface area contributed by atoms with Crippen LogP contribution in [0, 0.1) is 5.92 Å². The molecular formula is C13H23N5O. The lowest BCUT2D eigenvalue weighted by Gasteiger charge is -2.24. The summed E-state index contributed by atoms with van der Waals surface area (Å²) in [6, 6.07) is 0.629. The molecule has 2 aliphatic rings. The van der Waals surface area contributed by atoms with Crippen molar-refractivity contribution in [3.05, 3.63) is 5.82 Å². The fourth-order valence-corrected chi connectivity index (χ4v) is 3.13. The van der Waals surface area contributed by atoms with Crippen LogP contribution in [0.2, 0.25) is 0 Å². The van der Waals surface area contributed by atoms with Crippen molar-refractivity contribution >= 4 is 5.95 Å². The standard InChI is InChI=1S/C13H23N5O/c1-19-7-3-5-12-15-13(17-16-12)18-8-10-4-2-6-14-11(10)9-18/h10-11,14H,2-9H2,1H3,(H,15,16,17). The zero-order valence-electron chi connectivity index (χ0n) is 11.6. The molecule has 0 amide bonds. The van der Waals surface area contributed by atoms with Crippen LogP contribution in [-0.2, 0) is 11.2 Å². The average Bonchev–Trinajstić information content (AvgIpc) is 3.04. The first-order valence-corrected chi connectivity index (χ1v) is 7.25. The predicted molar refractivity (Wildman–Crippen MR) is 73.3 cm³/mol. The number of aromatic nitrogens is 3. The molecule has 1 aromatic heterocycles. The molecule has 19 heavy (non-hydrogen) atoms. The molecule has 3 heterocycles. The van der Waals surface area contributed by atoms with Gasteiger partial charge in [0.25, 0.3) is 0 Å². The Morgan fingerprint density at radius 2 is 2.37 bits per heavy atom. The van der Waals surface area contributed by atoms with E-state index in [1.54, 1.807) is 7.11 Å². The lowest BCUT2D eigenvalue weighted by Crippen LogP contribution is -2.40. The molecule has 2 unspecified atom stereocenters. The Morgan fingerprint density at radius 1 is 1.42 bits per heavy atom. The first kappa shape index (κ1) is 12.9. The Morgan fingerprint density at radius 3 is 3.21 bits per heavy atom. The molecule has 0 aromatic carbocycles. The second-order valence-corrected chi connectivity index (χ2v) is 5.55. The minimum Gasteiger partial charge on any atom is -0.385 e. The average molecular weight is 265 g/mol. The highest BCUT2D eigenvalue weighted by atomic mass is 16.5. The first-order valence-electron chi connectivity index (χ1n) is 7.25. The highest BCUT2D eigenvalue weighted by Crippen LogP contribution is 2.27. The Bertz CT molecular complexity index is 393. The smallest absolute Gasteiger partial charge is 0.244 e. The van der Waals surface area contributed by atoms with Crippen LogP contribution in [0.15, 0.2) is 0 Å². The third-order valence-electron chi connectivity index (χ3n) is 4.16. The molecule has 6 heteroatoms. The van der Waals surface area contributed by atoms with Gasteiger partial charge < -0.3 is 15.0 Å². The topological polar surface area (TPSA) is 66.1 Å². The number of aryl methyl sites for hydroxylation is 1. The molecule has 0 aliphatic carbocycles. The van der Waals surface area contributed by atoms with Gasteiger partial charge in [0.15, 0.2) is 0 Å². The fourth-order valence-electron chi connectivity index (χ4n) is 3.13. The molecule has 6 nitrogen and oxygen atoms in total. The number of H-pyrrole nitrogens is 1. The first-order chi connectivity index (χ1) is 9.36. The van der Waals surface area contributed by atoms with Crippen molar-refractivity contribution in [1.29, 1.82) is 0 Å². The molecule has 0 spiro atoms. The summed E-state index contributed by atoms with van der Waals surface area (Å²) in [5, 5.41) is 11.0. The van der Waals surface area contributed by atoms with E-state index in [1.807, 2.05) is 0 Å². The maximum atomic E-state index is 5.05. The van der Waals surface area contributed by atoms with Gasteiger partial charge in [0.1, 0.15) is 5.82 Å². The van der Waals surface area contributed by atoms with Crippen LogP contribution in [0.4, 0.5) is 5.95 Å². The third kappa shape index (κ3) is 2.90. The lowest BCUT2D eigenvalue weighted by atomic mass is 9.94. The summed E-state index contributed by atoms with van der Waals surface area (Å²) >= 11 is 0. The summed E-state index contributed by atoms with van der Waals surface area (Å²) in [5.74, 6) is 2.60. The van der Waals surface area contributed by atoms with Crippen LogP contribution in [-0.4, -0.2) is 54.6 Å². The summed E-state index contributed by atoms with van der Waals surface area (Å²) < 4.78 is 5.05. The number of methoxy groups -OCH3 is 1. The van der Waals surface area contributed by atoms with Crippen molar-refractivity contribution < 1.29 is 4.74 Å². The van der Waals surface area contributed by atoms with Crippen molar-refractivity contribution in [3.8, 4) is 0 Å². The van der Waals surface area contributed by atoms with Gasteiger partial charge in [-0.15, -0.1) is 5.10 Å². The molecule has 2 N–H and O–H groups in total. The molecule has 0 saturated carbocycles. The Labute approximate surface area is 113 Å². The van der Waals surface area contributed by atoms with Crippen molar-refractivity contribution in [3.63, 3.8) is 0 Å². The van der Waals surface area contributed by atoms with Gasteiger partial charge >= 0.3 is 0 Å². The second kappa shape index (κ2) is 5.88. The van der Waals surface area contributed by atoms with Gasteiger partial charge in [-0.1, -0.05) is 0 Å². The number of piperidine rings is 1. The maximum Gasteiger partial charge on any atom is 0.244 e. The van der Waals surface area contributed by atoms with Crippen molar-refractivity contribution in [2.45, 2.75) is 31.7 Å². The van der Waals surface area contributed by atoms with E-state index in [0.717, 1.165) is 56.8 Å². The van der Waals surface area contributed by atoms with Gasteiger partial charge in [0.2, 0.25) is 5.95 Å². The normalized spacial score (nSPS) is 26.7. The zero-order valence-corrected chi connectivity index (χ0v) is 11.6. The fraction of sp³-hybridized carbons (Fsp3) is 0.846. The van der Waals surface area contributed by atoms with Gasteiger partial charge in [-0.05, 0) is 31.7 Å². The van der Waals surface area contributed by atoms with Crippen LogP contribution in [0.3, 0.4) is 0 Å². The minimum absolute atomic E-state index is 0.629. The Hall–Kier alpha value is -1.14. The van der Waals surface area contributed by atoms with Crippen LogP contribution in [0.5, 0.6) is 0 Å². The molecule has 2 atom stereocenters. The van der Waals surface area contributed by atoms with Crippen molar-refractivity contribution in [2.75, 3.05) is 38.3 Å². The Kier molecular flexibility index (Phi) is 3.98. The van der Waals surface area contributed by atoms with Crippen LogP contribution < -0.4 is 10.2 Å². The van der Waals surface area contributed by atoms with Gasteiger partial charge in [-0.3, -0.25) is 5.10 Å². The number of aromatic amines is 1. The summed E-state index contributed by atoms with van der Waals surface area (Å²) in [5.41, 5.74) is 0. The molecule has 106 valence electrons. The summed E-state index contributed by atoms with van der Waals surface area (Å²) in [6.07, 6.45) is 4.52. The van der Waals surface area contributed by atoms with E-state index in [9.17, 15) is 0 Å². The molecule has 1 aromatic rings. The predicted octanol–water partition coefficient (Wildman–Crippen LogP) is 0.572. The highest BCUT2D eigenvalue weighted by molar-refractivity contribution is 5.32. The minimum atomic E-state index is 0.629. The summed E-state index contributed by atoms with van der Waals surface area (Å²) in [6.45, 7) is 4.06. The summed E-state index contributed by atoms with van der Waals surface area (Å²) in [7, 11) is 1.73. The second-order valence-electron chi connectivity index (χ2n) is 5.55. The molecule has 3 rings (SSSR count). The monoisotopic (exact) mass is 265 g/mol. The molecular weight excluding hydrogens is 242 g/mol. The van der Waals surface area contributed by atoms with E-state index in [0.29, 0.717) is 6.04 Å². The van der Waals surface area contributed by atoms with E-state index < -0.39 is 0 Å². The largest absolute Gasteiger partial charge is 0.385 e. The summed E-state index contributed by atoms with van der Waals surface area (Å²) in [4.78, 5) is 6.91. The van der Waals surface area contributed by atoms with Gasteiger partial charge in [-0.25, -0.2) is 0 Å². The van der Waals surface area contributed by atoms with Crippen molar-refractivity contribution in [1.82, 2.24) is 20.5 Å². The number of nitrogens with zero attached hydrogens (tertiary/aromatic N) is 3. The third-order valence-corrected chi connectivity index (χ3v) is 4.16. The number of nitrogens with one attached hydrogen (secondary N) is 2. The van der Waals surface area contributed by atoms with E-state index in [4.69, 9.17) is 4.74 Å². The number of fused-ring (bicyclic) bond motifs is 1. The van der Waals surface area contributed by atoms with Gasteiger partial charge in [0, 0.05) is 39.3 Å². The molecule has 0 radical (unpaired) electrons. The molecule has 2 fully saturated rings. The number of rotatable bonds is 5. The SMILES string of the molecule is COCCCc1nc(N2CC3CCCNC3C2)n[nH]1. The number of anilines is 1. The molecule has 2 aliphatic heterocycles. The van der Waals surface area contributed by atoms with Crippen molar-refractivity contribution in [2.24, 2.45) is 5.92 Å². The molecule has 0 bridgehead atoms. The quantitative estimate of drug-likeness (QED) is 0.762. The van der Waals surface area contributed by atoms with E-state index in [2.05, 4.69) is 25.4 Å². The van der Waals surface area contributed by atoms with E-state index in [1.165, 1.54) is 12.8 Å². The number of ether oxygens (including phenoxy) is 1. The zero-order chi connectivity index (χ0) is 13.1. The lowest BCUT2D eigenvalue weighted by molar-refractivity contribution is 0.194. The number of hydrogen-bond acceptors (Lipinski definition) is 5. The van der Waals surface area contributed by atoms with Gasteiger partial charge in [0.05, 0.1) is 0 Å². The molecule has 2 saturated heterocycles. The van der Waals surface area contributed by atoms with Crippen LogP contribution >= 0.6 is 0 Å². The van der Waals surface area contributed by atoms with Crippen LogP contribution in [0.1, 0.15) is 25.1 Å². The van der Waals surface area contributed by atoms with Crippen LogP contribution in [0.25, 0.3) is 0 Å². The Balaban J connectivity index is 1.57. The van der Waals surface area contributed by atoms with E-state index in [-0.39, 0.29) is 0 Å². The van der Waals surface area contributed by atoms with E-state index >= 15 is 0 Å². The maximum absolute atomic E-state index is 5.05. The van der Waals surface area contributed by atoms with Gasteiger partial charge in [-0.2, -0.15) is 4.98 Å². The number of hydrogen-bond donors (Lipinski definition) is 2. The highest BCUT2D eigenvalue weighted by Gasteiger charge is 2.35.